The molecular formula is C15H16N6O. The number of nitrogens with one attached hydrogen (secondary N) is 1. The van der Waals surface area contributed by atoms with Gasteiger partial charge >= 0.3 is 0 Å². The zero-order valence-electron chi connectivity index (χ0n) is 12.0. The van der Waals surface area contributed by atoms with E-state index in [-0.39, 0.29) is 5.75 Å². The summed E-state index contributed by atoms with van der Waals surface area (Å²) in [6.45, 7) is 0. The van der Waals surface area contributed by atoms with Crippen LogP contribution in [0.15, 0.2) is 30.5 Å². The molecule has 2 heterocycles. The van der Waals surface area contributed by atoms with Gasteiger partial charge < -0.3 is 10.4 Å². The molecule has 7 nitrogen and oxygen atoms in total. The molecule has 4 rings (SSSR count). The molecule has 7 heteroatoms. The molecule has 2 N–H and O–H groups in total. The summed E-state index contributed by atoms with van der Waals surface area (Å²) in [7, 11) is 0. The molecule has 2 aromatic heterocycles. The van der Waals surface area contributed by atoms with E-state index in [1.165, 1.54) is 12.8 Å². The van der Waals surface area contributed by atoms with Crippen LogP contribution in [0.25, 0.3) is 16.9 Å². The molecule has 0 amide bonds. The third-order valence-corrected chi connectivity index (χ3v) is 3.98. The molecule has 0 radical (unpaired) electrons. The van der Waals surface area contributed by atoms with Crippen molar-refractivity contribution in [2.45, 2.75) is 31.7 Å². The first-order valence-corrected chi connectivity index (χ1v) is 7.44. The second kappa shape index (κ2) is 5.25. The van der Waals surface area contributed by atoms with E-state index >= 15 is 0 Å². The Bertz CT molecular complexity index is 791. The third kappa shape index (κ3) is 2.34. The number of aromatic hydroxyl groups is 1. The number of benzene rings is 1. The van der Waals surface area contributed by atoms with Gasteiger partial charge in [0, 0.05) is 6.04 Å². The molecule has 0 bridgehead atoms. The van der Waals surface area contributed by atoms with Gasteiger partial charge in [0.25, 0.3) is 0 Å². The molecule has 0 spiro atoms. The Labute approximate surface area is 127 Å². The van der Waals surface area contributed by atoms with E-state index in [9.17, 15) is 5.11 Å². The smallest absolute Gasteiger partial charge is 0.225 e. The number of hydrogen-bond donors (Lipinski definition) is 2. The van der Waals surface area contributed by atoms with Crippen LogP contribution in [0.5, 0.6) is 5.75 Å². The van der Waals surface area contributed by atoms with Crippen molar-refractivity contribution in [2.75, 3.05) is 5.32 Å². The number of hydrogen-bond acceptors (Lipinski definition) is 6. The number of anilines is 1. The average molecular weight is 296 g/mol. The highest BCUT2D eigenvalue weighted by Gasteiger charge is 2.17. The summed E-state index contributed by atoms with van der Waals surface area (Å²) in [5, 5.41) is 21.0. The van der Waals surface area contributed by atoms with Crippen molar-refractivity contribution in [1.29, 1.82) is 0 Å². The van der Waals surface area contributed by atoms with Crippen LogP contribution in [0.4, 0.5) is 5.95 Å². The van der Waals surface area contributed by atoms with Gasteiger partial charge in [-0.3, -0.25) is 0 Å². The second-order valence-electron chi connectivity index (χ2n) is 5.55. The average Bonchev–Trinajstić information content (AvgIpc) is 3.17. The first-order valence-electron chi connectivity index (χ1n) is 7.44. The van der Waals surface area contributed by atoms with Gasteiger partial charge in [-0.05, 0) is 37.1 Å². The Hall–Kier alpha value is -2.70. The highest BCUT2D eigenvalue weighted by atomic mass is 16.3. The van der Waals surface area contributed by atoms with Gasteiger partial charge in [-0.15, -0.1) is 5.10 Å². The summed E-state index contributed by atoms with van der Waals surface area (Å²) >= 11 is 0. The zero-order valence-corrected chi connectivity index (χ0v) is 12.0. The molecule has 0 atom stereocenters. The van der Waals surface area contributed by atoms with Gasteiger partial charge in [-0.25, -0.2) is 4.98 Å². The van der Waals surface area contributed by atoms with Gasteiger partial charge in [0.05, 0.1) is 11.9 Å². The Kier molecular flexibility index (Phi) is 3.10. The van der Waals surface area contributed by atoms with Crippen molar-refractivity contribution in [3.05, 3.63) is 30.5 Å². The Balaban J connectivity index is 1.71. The first-order chi connectivity index (χ1) is 10.8. The maximum Gasteiger partial charge on any atom is 0.225 e. The molecule has 1 aromatic carbocycles. The molecule has 0 saturated heterocycles. The number of nitrogens with zero attached hydrogens (tertiary/aromatic N) is 5. The van der Waals surface area contributed by atoms with Crippen LogP contribution in [-0.4, -0.2) is 36.1 Å². The highest BCUT2D eigenvalue weighted by molar-refractivity contribution is 5.72. The van der Waals surface area contributed by atoms with Gasteiger partial charge in [0.15, 0.2) is 11.2 Å². The van der Waals surface area contributed by atoms with E-state index in [1.54, 1.807) is 35.1 Å². The quantitative estimate of drug-likeness (QED) is 0.770. The Morgan fingerprint density at radius 1 is 1.14 bits per heavy atom. The predicted molar refractivity (Wildman–Crippen MR) is 82.0 cm³/mol. The lowest BCUT2D eigenvalue weighted by molar-refractivity contribution is 0.475. The van der Waals surface area contributed by atoms with Crippen molar-refractivity contribution in [3.63, 3.8) is 0 Å². The summed E-state index contributed by atoms with van der Waals surface area (Å²) in [5.41, 5.74) is 2.09. The summed E-state index contributed by atoms with van der Waals surface area (Å²) in [4.78, 5) is 8.86. The minimum atomic E-state index is 0.214. The molecule has 112 valence electrons. The number of rotatable bonds is 3. The normalized spacial score (nSPS) is 15.5. The van der Waals surface area contributed by atoms with Crippen molar-refractivity contribution in [2.24, 2.45) is 0 Å². The van der Waals surface area contributed by atoms with Gasteiger partial charge in [-0.2, -0.15) is 9.67 Å². The number of fused-ring (bicyclic) bond motifs is 1. The summed E-state index contributed by atoms with van der Waals surface area (Å²) < 4.78 is 1.65. The topological polar surface area (TPSA) is 88.8 Å². The maximum atomic E-state index is 9.39. The molecule has 0 aliphatic heterocycles. The van der Waals surface area contributed by atoms with E-state index < -0.39 is 0 Å². The van der Waals surface area contributed by atoms with Crippen LogP contribution in [0, 0.1) is 0 Å². The molecule has 3 aromatic rings. The molecular weight excluding hydrogens is 280 g/mol. The maximum absolute atomic E-state index is 9.39. The minimum absolute atomic E-state index is 0.214. The summed E-state index contributed by atoms with van der Waals surface area (Å²) in [6.07, 6.45) is 6.52. The van der Waals surface area contributed by atoms with E-state index in [4.69, 9.17) is 0 Å². The van der Waals surface area contributed by atoms with Crippen LogP contribution in [0.2, 0.25) is 0 Å². The van der Waals surface area contributed by atoms with Crippen LogP contribution >= 0.6 is 0 Å². The number of phenols is 1. The van der Waals surface area contributed by atoms with Crippen molar-refractivity contribution < 1.29 is 5.11 Å². The van der Waals surface area contributed by atoms with Crippen LogP contribution < -0.4 is 5.32 Å². The fourth-order valence-corrected chi connectivity index (χ4v) is 2.82. The van der Waals surface area contributed by atoms with Gasteiger partial charge in [-0.1, -0.05) is 18.1 Å². The van der Waals surface area contributed by atoms with Gasteiger partial charge in [0.2, 0.25) is 5.95 Å². The second-order valence-corrected chi connectivity index (χ2v) is 5.55. The summed E-state index contributed by atoms with van der Waals surface area (Å²) in [6, 6.07) is 7.23. The van der Waals surface area contributed by atoms with E-state index in [1.807, 2.05) is 0 Å². The lowest BCUT2D eigenvalue weighted by Gasteiger charge is -2.11. The predicted octanol–water partition coefficient (Wildman–Crippen LogP) is 2.27. The molecule has 1 saturated carbocycles. The van der Waals surface area contributed by atoms with E-state index in [0.717, 1.165) is 18.5 Å². The first kappa shape index (κ1) is 13.0. The highest BCUT2D eigenvalue weighted by Crippen LogP contribution is 2.22. The minimum Gasteiger partial charge on any atom is -0.508 e. The lowest BCUT2D eigenvalue weighted by atomic mass is 10.2. The van der Waals surface area contributed by atoms with Crippen molar-refractivity contribution in [3.8, 4) is 11.4 Å². The summed E-state index contributed by atoms with van der Waals surface area (Å²) in [5.74, 6) is 0.827. The van der Waals surface area contributed by atoms with E-state index in [0.29, 0.717) is 23.2 Å². The van der Waals surface area contributed by atoms with Crippen LogP contribution in [0.3, 0.4) is 0 Å². The standard InChI is InChI=1S/C15H16N6O/c22-12-7-5-11(6-8-12)21-14-13(19-20-21)9-16-15(18-14)17-10-3-1-2-4-10/h5-10,22H,1-4H2,(H,16,17,18). The van der Waals surface area contributed by atoms with Crippen molar-refractivity contribution >= 4 is 17.1 Å². The molecule has 1 aliphatic carbocycles. The molecule has 0 unspecified atom stereocenters. The Morgan fingerprint density at radius 2 is 1.91 bits per heavy atom. The van der Waals surface area contributed by atoms with Crippen LogP contribution in [0.1, 0.15) is 25.7 Å². The monoisotopic (exact) mass is 296 g/mol. The zero-order chi connectivity index (χ0) is 14.9. The van der Waals surface area contributed by atoms with Gasteiger partial charge in [0.1, 0.15) is 5.75 Å². The molecule has 22 heavy (non-hydrogen) atoms. The number of phenolic OH excluding ortho intramolecular Hbond substituents is 1. The molecule has 1 aliphatic rings. The molecule has 1 fully saturated rings. The third-order valence-electron chi connectivity index (χ3n) is 3.98. The van der Waals surface area contributed by atoms with Crippen LogP contribution in [-0.2, 0) is 0 Å². The SMILES string of the molecule is Oc1ccc(-n2nnc3cnc(NC4CCCC4)nc32)cc1. The largest absolute Gasteiger partial charge is 0.508 e. The fraction of sp³-hybridized carbons (Fsp3) is 0.333. The Morgan fingerprint density at radius 3 is 2.68 bits per heavy atom. The lowest BCUT2D eigenvalue weighted by Crippen LogP contribution is -2.16. The fourth-order valence-electron chi connectivity index (χ4n) is 2.82. The van der Waals surface area contributed by atoms with E-state index in [2.05, 4.69) is 25.6 Å². The number of aromatic nitrogens is 5. The van der Waals surface area contributed by atoms with Crippen molar-refractivity contribution in [1.82, 2.24) is 25.0 Å².